The van der Waals surface area contributed by atoms with Crippen molar-refractivity contribution >= 4 is 11.9 Å². The first-order valence-corrected chi connectivity index (χ1v) is 10.2. The zero-order chi connectivity index (χ0) is 20.4. The summed E-state index contributed by atoms with van der Waals surface area (Å²) in [4.78, 5) is 30.5. The number of methoxy groups -OCH3 is 1. The van der Waals surface area contributed by atoms with Crippen LogP contribution in [0.15, 0.2) is 34.9 Å². The van der Waals surface area contributed by atoms with Gasteiger partial charge >= 0.3 is 5.97 Å². The highest BCUT2D eigenvalue weighted by Crippen LogP contribution is 2.40. The average Bonchev–Trinajstić information content (AvgIpc) is 3.37. The van der Waals surface area contributed by atoms with E-state index in [1.54, 1.807) is 18.2 Å². The number of rotatable bonds is 6. The molecular formula is C22H26N2O5. The number of carbonyl (C=O) groups is 2. The lowest BCUT2D eigenvalue weighted by atomic mass is 9.84. The second-order valence-electron chi connectivity index (χ2n) is 7.85. The molecular weight excluding hydrogens is 372 g/mol. The number of likely N-dealkylation sites (tertiary alicyclic amines) is 1. The van der Waals surface area contributed by atoms with E-state index in [2.05, 4.69) is 4.98 Å². The first kappa shape index (κ1) is 19.5. The van der Waals surface area contributed by atoms with E-state index >= 15 is 0 Å². The van der Waals surface area contributed by atoms with Crippen LogP contribution < -0.4 is 4.74 Å². The Kier molecular flexibility index (Phi) is 5.56. The van der Waals surface area contributed by atoms with Gasteiger partial charge in [0.05, 0.1) is 13.3 Å². The number of aromatic nitrogens is 1. The second-order valence-corrected chi connectivity index (χ2v) is 7.85. The number of benzene rings is 1. The Morgan fingerprint density at radius 1 is 1.24 bits per heavy atom. The highest BCUT2D eigenvalue weighted by molar-refractivity contribution is 5.85. The number of fused-ring (bicyclic) bond motifs is 1. The highest BCUT2D eigenvalue weighted by atomic mass is 16.5. The van der Waals surface area contributed by atoms with Gasteiger partial charge in [0, 0.05) is 24.4 Å². The third-order valence-electron chi connectivity index (χ3n) is 6.14. The third kappa shape index (κ3) is 3.99. The molecule has 1 aromatic heterocycles. The molecule has 154 valence electrons. The van der Waals surface area contributed by atoms with Gasteiger partial charge in [-0.2, -0.15) is 0 Å². The van der Waals surface area contributed by atoms with E-state index in [-0.39, 0.29) is 18.4 Å². The number of nitrogens with zero attached hydrogens (tertiary/aromatic N) is 2. The van der Waals surface area contributed by atoms with Gasteiger partial charge in [-0.1, -0.05) is 12.8 Å². The summed E-state index contributed by atoms with van der Waals surface area (Å²) in [7, 11) is 1.61. The van der Waals surface area contributed by atoms with E-state index < -0.39 is 12.0 Å². The van der Waals surface area contributed by atoms with Gasteiger partial charge in [0.25, 0.3) is 0 Å². The fraction of sp³-hybridized carbons (Fsp3) is 0.500. The van der Waals surface area contributed by atoms with Crippen LogP contribution in [0.25, 0.3) is 11.3 Å². The van der Waals surface area contributed by atoms with Crippen molar-refractivity contribution in [1.82, 2.24) is 9.88 Å². The molecule has 2 aromatic rings. The fourth-order valence-corrected chi connectivity index (χ4v) is 4.70. The first-order chi connectivity index (χ1) is 14.1. The number of hydrogen-bond acceptors (Lipinski definition) is 5. The number of aryl methyl sites for hydroxylation is 1. The van der Waals surface area contributed by atoms with E-state index in [1.807, 2.05) is 24.3 Å². The zero-order valence-electron chi connectivity index (χ0n) is 16.5. The number of hydrogen-bond donors (Lipinski definition) is 1. The maximum absolute atomic E-state index is 12.9. The average molecular weight is 398 g/mol. The molecule has 0 unspecified atom stereocenters. The number of carboxylic acids is 1. The summed E-state index contributed by atoms with van der Waals surface area (Å²) in [5, 5.41) is 9.60. The highest BCUT2D eigenvalue weighted by Gasteiger charge is 2.47. The molecule has 7 nitrogen and oxygen atoms in total. The van der Waals surface area contributed by atoms with Crippen molar-refractivity contribution in [3.63, 3.8) is 0 Å². The lowest BCUT2D eigenvalue weighted by Crippen LogP contribution is -2.46. The van der Waals surface area contributed by atoms with Crippen molar-refractivity contribution < 1.29 is 23.8 Å². The maximum Gasteiger partial charge on any atom is 0.326 e. The lowest BCUT2D eigenvalue weighted by Gasteiger charge is -2.33. The number of aliphatic carboxylic acids is 1. The van der Waals surface area contributed by atoms with Gasteiger partial charge in [-0.15, -0.1) is 0 Å². The summed E-state index contributed by atoms with van der Waals surface area (Å²) < 4.78 is 11.0. The lowest BCUT2D eigenvalue weighted by molar-refractivity contribution is -0.149. The summed E-state index contributed by atoms with van der Waals surface area (Å²) in [6.45, 7) is 0. The van der Waals surface area contributed by atoms with E-state index in [1.165, 1.54) is 0 Å². The number of carboxylic acid groups (broad SMARTS) is 1. The minimum absolute atomic E-state index is 0.0665. The quantitative estimate of drug-likeness (QED) is 0.800. The van der Waals surface area contributed by atoms with E-state index in [9.17, 15) is 14.7 Å². The van der Waals surface area contributed by atoms with Gasteiger partial charge in [-0.05, 0) is 49.4 Å². The van der Waals surface area contributed by atoms with E-state index in [0.29, 0.717) is 30.4 Å². The molecule has 1 N–H and O–H groups in total. The van der Waals surface area contributed by atoms with Crippen LogP contribution in [-0.4, -0.2) is 46.1 Å². The van der Waals surface area contributed by atoms with E-state index in [0.717, 1.165) is 37.0 Å². The van der Waals surface area contributed by atoms with Gasteiger partial charge in [0.15, 0.2) is 11.7 Å². The molecule has 2 fully saturated rings. The molecule has 1 saturated carbocycles. The smallest absolute Gasteiger partial charge is 0.326 e. The predicted octanol–water partition coefficient (Wildman–Crippen LogP) is 3.53. The summed E-state index contributed by atoms with van der Waals surface area (Å²) in [5.74, 6) is 1.18. The van der Waals surface area contributed by atoms with Crippen molar-refractivity contribution in [2.75, 3.05) is 7.11 Å². The van der Waals surface area contributed by atoms with E-state index in [4.69, 9.17) is 9.15 Å². The molecule has 29 heavy (non-hydrogen) atoms. The van der Waals surface area contributed by atoms with Crippen LogP contribution in [-0.2, 0) is 16.0 Å². The molecule has 1 amide bonds. The number of oxazole rings is 1. The molecule has 2 heterocycles. The van der Waals surface area contributed by atoms with Gasteiger partial charge < -0.3 is 19.2 Å². The molecule has 3 atom stereocenters. The van der Waals surface area contributed by atoms with Crippen molar-refractivity contribution in [3.05, 3.63) is 36.4 Å². The largest absolute Gasteiger partial charge is 0.497 e. The normalized spacial score (nSPS) is 23.6. The Morgan fingerprint density at radius 2 is 2.00 bits per heavy atom. The van der Waals surface area contributed by atoms with Gasteiger partial charge in [0.2, 0.25) is 5.91 Å². The Bertz CT molecular complexity index is 876. The second kappa shape index (κ2) is 8.27. The molecule has 0 spiro atoms. The Labute approximate surface area is 169 Å². The van der Waals surface area contributed by atoms with Gasteiger partial charge in [0.1, 0.15) is 11.8 Å². The molecule has 1 aromatic carbocycles. The standard InChI is InChI=1S/C22H26N2O5/c1-28-16-8-6-14(7-9-16)19-13-23-20(29-19)10-11-21(25)24-17-5-3-2-4-15(17)12-18(24)22(26)27/h6-9,13,15,17-18H,2-5,10-12H2,1H3,(H,26,27)/t15-,17-,18+/m1/s1. The van der Waals surface area contributed by atoms with Crippen molar-refractivity contribution in [1.29, 1.82) is 0 Å². The summed E-state index contributed by atoms with van der Waals surface area (Å²) in [6.07, 6.45) is 6.89. The molecule has 1 aliphatic heterocycles. The molecule has 4 rings (SSSR count). The topological polar surface area (TPSA) is 92.9 Å². The molecule has 0 radical (unpaired) electrons. The molecule has 1 aliphatic carbocycles. The Morgan fingerprint density at radius 3 is 2.72 bits per heavy atom. The molecule has 1 saturated heterocycles. The van der Waals surface area contributed by atoms with Crippen molar-refractivity contribution in [2.24, 2.45) is 5.92 Å². The summed E-state index contributed by atoms with van der Waals surface area (Å²) in [5.41, 5.74) is 0.881. The number of carbonyl (C=O) groups excluding carboxylic acids is 1. The Hall–Kier alpha value is -2.83. The number of ether oxygens (including phenoxy) is 1. The number of amides is 1. The van der Waals surface area contributed by atoms with Gasteiger partial charge in [-0.25, -0.2) is 9.78 Å². The fourth-order valence-electron chi connectivity index (χ4n) is 4.70. The third-order valence-corrected chi connectivity index (χ3v) is 6.14. The zero-order valence-corrected chi connectivity index (χ0v) is 16.5. The molecule has 7 heteroatoms. The van der Waals surface area contributed by atoms with Crippen LogP contribution >= 0.6 is 0 Å². The Balaban J connectivity index is 1.41. The van der Waals surface area contributed by atoms with Crippen molar-refractivity contribution in [2.45, 2.75) is 57.0 Å². The van der Waals surface area contributed by atoms with Crippen LogP contribution in [0.5, 0.6) is 5.75 Å². The van der Waals surface area contributed by atoms with Crippen LogP contribution in [0, 0.1) is 5.92 Å². The SMILES string of the molecule is COc1ccc(-c2cnc(CCC(=O)N3[C@@H]4CCCC[C@@H]4C[C@H]3C(=O)O)o2)cc1. The van der Waals surface area contributed by atoms with Crippen LogP contribution in [0.1, 0.15) is 44.4 Å². The predicted molar refractivity (Wildman–Crippen MR) is 105 cm³/mol. The summed E-state index contributed by atoms with van der Waals surface area (Å²) in [6, 6.07) is 6.84. The monoisotopic (exact) mass is 398 g/mol. The molecule has 0 bridgehead atoms. The minimum atomic E-state index is -0.898. The van der Waals surface area contributed by atoms with Gasteiger partial charge in [-0.3, -0.25) is 4.79 Å². The van der Waals surface area contributed by atoms with Crippen LogP contribution in [0.2, 0.25) is 0 Å². The maximum atomic E-state index is 12.9. The molecule has 2 aliphatic rings. The van der Waals surface area contributed by atoms with Crippen LogP contribution in [0.3, 0.4) is 0 Å². The minimum Gasteiger partial charge on any atom is -0.497 e. The van der Waals surface area contributed by atoms with Crippen LogP contribution in [0.4, 0.5) is 0 Å². The summed E-state index contributed by atoms with van der Waals surface area (Å²) >= 11 is 0. The van der Waals surface area contributed by atoms with Crippen molar-refractivity contribution in [3.8, 4) is 17.1 Å². The first-order valence-electron chi connectivity index (χ1n) is 10.2.